The number of benzene rings is 1. The van der Waals surface area contributed by atoms with Crippen LogP contribution in [0.3, 0.4) is 0 Å². The Kier molecular flexibility index (Phi) is 4.92. The van der Waals surface area contributed by atoms with Crippen LogP contribution in [0.2, 0.25) is 0 Å². The van der Waals surface area contributed by atoms with Crippen LogP contribution in [0.4, 0.5) is 4.39 Å². The molecule has 1 aromatic rings. The zero-order valence-electron chi connectivity index (χ0n) is 8.77. The molecule has 0 radical (unpaired) electrons. The maximum Gasteiger partial charge on any atom is 0.186 e. The van der Waals surface area contributed by atoms with Crippen molar-refractivity contribution in [2.75, 3.05) is 5.75 Å². The standard InChI is InChI=1S/C12H11FO2S/c1-9(15)16-6-2-3-10-4-5-11(8-14)12(13)7-10/h2-5,7-8H,6H2,1H3. The molecule has 1 aromatic carbocycles. The Morgan fingerprint density at radius 2 is 2.25 bits per heavy atom. The molecule has 0 N–H and O–H groups in total. The van der Waals surface area contributed by atoms with Gasteiger partial charge in [-0.1, -0.05) is 30.0 Å². The quantitative estimate of drug-likeness (QED) is 0.756. The van der Waals surface area contributed by atoms with Crippen LogP contribution in [-0.2, 0) is 4.79 Å². The number of carbonyl (C=O) groups excluding carboxylic acids is 2. The summed E-state index contributed by atoms with van der Waals surface area (Å²) in [7, 11) is 0. The molecular formula is C12H11FO2S. The van der Waals surface area contributed by atoms with Crippen molar-refractivity contribution in [1.82, 2.24) is 0 Å². The van der Waals surface area contributed by atoms with E-state index < -0.39 is 5.82 Å². The van der Waals surface area contributed by atoms with E-state index in [9.17, 15) is 14.0 Å². The van der Waals surface area contributed by atoms with E-state index in [-0.39, 0.29) is 10.7 Å². The first-order chi connectivity index (χ1) is 7.63. The van der Waals surface area contributed by atoms with Crippen molar-refractivity contribution in [1.29, 1.82) is 0 Å². The second-order valence-electron chi connectivity index (χ2n) is 3.10. The van der Waals surface area contributed by atoms with Crippen LogP contribution >= 0.6 is 11.8 Å². The smallest absolute Gasteiger partial charge is 0.186 e. The van der Waals surface area contributed by atoms with Crippen molar-refractivity contribution < 1.29 is 14.0 Å². The van der Waals surface area contributed by atoms with E-state index in [2.05, 4.69) is 0 Å². The number of hydrogen-bond acceptors (Lipinski definition) is 3. The number of rotatable bonds is 4. The van der Waals surface area contributed by atoms with Gasteiger partial charge in [0.25, 0.3) is 0 Å². The number of aldehydes is 1. The Morgan fingerprint density at radius 3 is 2.81 bits per heavy atom. The zero-order chi connectivity index (χ0) is 12.0. The molecule has 0 aliphatic heterocycles. The van der Waals surface area contributed by atoms with Gasteiger partial charge in [-0.3, -0.25) is 9.59 Å². The molecule has 0 amide bonds. The molecule has 1 rings (SSSR count). The molecule has 0 saturated carbocycles. The van der Waals surface area contributed by atoms with Gasteiger partial charge in [-0.25, -0.2) is 4.39 Å². The van der Waals surface area contributed by atoms with E-state index in [1.54, 1.807) is 18.2 Å². The molecule has 16 heavy (non-hydrogen) atoms. The Labute approximate surface area is 97.5 Å². The van der Waals surface area contributed by atoms with E-state index in [0.717, 1.165) is 0 Å². The lowest BCUT2D eigenvalue weighted by molar-refractivity contribution is -0.109. The van der Waals surface area contributed by atoms with Crippen LogP contribution in [0, 0.1) is 5.82 Å². The minimum Gasteiger partial charge on any atom is -0.298 e. The highest BCUT2D eigenvalue weighted by Crippen LogP contribution is 2.11. The Hall–Kier alpha value is -1.42. The van der Waals surface area contributed by atoms with Crippen molar-refractivity contribution in [2.24, 2.45) is 0 Å². The highest BCUT2D eigenvalue weighted by molar-refractivity contribution is 8.13. The first-order valence-corrected chi connectivity index (χ1v) is 5.66. The van der Waals surface area contributed by atoms with Gasteiger partial charge >= 0.3 is 0 Å². The van der Waals surface area contributed by atoms with E-state index in [1.165, 1.54) is 30.8 Å². The topological polar surface area (TPSA) is 34.1 Å². The van der Waals surface area contributed by atoms with Crippen molar-refractivity contribution in [3.05, 3.63) is 41.2 Å². The first kappa shape index (κ1) is 12.6. The van der Waals surface area contributed by atoms with Crippen molar-refractivity contribution in [3.8, 4) is 0 Å². The summed E-state index contributed by atoms with van der Waals surface area (Å²) in [5.74, 6) is 0.0308. The lowest BCUT2D eigenvalue weighted by Gasteiger charge is -1.96. The number of halogens is 1. The molecule has 0 heterocycles. The minimum absolute atomic E-state index is 0.0483. The van der Waals surface area contributed by atoms with Gasteiger partial charge in [0, 0.05) is 12.7 Å². The Balaban J connectivity index is 2.64. The number of hydrogen-bond donors (Lipinski definition) is 0. The third-order valence-corrected chi connectivity index (χ3v) is 2.61. The normalized spacial score (nSPS) is 10.6. The molecule has 2 nitrogen and oxygen atoms in total. The highest BCUT2D eigenvalue weighted by atomic mass is 32.2. The molecule has 84 valence electrons. The SMILES string of the molecule is CC(=O)SCC=Cc1ccc(C=O)c(F)c1. The van der Waals surface area contributed by atoms with E-state index in [1.807, 2.05) is 0 Å². The fourth-order valence-corrected chi connectivity index (χ4v) is 1.52. The second kappa shape index (κ2) is 6.23. The van der Waals surface area contributed by atoms with Crippen LogP contribution in [0.15, 0.2) is 24.3 Å². The fourth-order valence-electron chi connectivity index (χ4n) is 1.09. The monoisotopic (exact) mass is 238 g/mol. The van der Waals surface area contributed by atoms with Gasteiger partial charge in [0.1, 0.15) is 5.82 Å². The van der Waals surface area contributed by atoms with E-state index in [0.29, 0.717) is 17.6 Å². The molecule has 0 unspecified atom stereocenters. The summed E-state index contributed by atoms with van der Waals surface area (Å²) >= 11 is 1.19. The molecule has 0 saturated heterocycles. The number of carbonyl (C=O) groups is 2. The van der Waals surface area contributed by atoms with Gasteiger partial charge < -0.3 is 0 Å². The molecular weight excluding hydrogens is 227 g/mol. The first-order valence-electron chi connectivity index (χ1n) is 4.68. The van der Waals surface area contributed by atoms with Crippen LogP contribution < -0.4 is 0 Å². The van der Waals surface area contributed by atoms with Gasteiger partial charge in [-0.15, -0.1) is 0 Å². The molecule has 0 atom stereocenters. The molecule has 0 bridgehead atoms. The second-order valence-corrected chi connectivity index (χ2v) is 4.30. The summed E-state index contributed by atoms with van der Waals surface area (Å²) in [6.07, 6.45) is 3.98. The van der Waals surface area contributed by atoms with Crippen molar-refractivity contribution in [2.45, 2.75) is 6.92 Å². The lowest BCUT2D eigenvalue weighted by atomic mass is 10.1. The van der Waals surface area contributed by atoms with Gasteiger partial charge in [0.05, 0.1) is 5.56 Å². The van der Waals surface area contributed by atoms with Crippen LogP contribution in [0.25, 0.3) is 6.08 Å². The minimum atomic E-state index is -0.531. The summed E-state index contributed by atoms with van der Waals surface area (Å²) in [5, 5.41) is 0.0483. The summed E-state index contributed by atoms with van der Waals surface area (Å²) in [6.45, 7) is 1.50. The molecule has 4 heteroatoms. The number of thioether (sulfide) groups is 1. The Morgan fingerprint density at radius 1 is 1.50 bits per heavy atom. The summed E-state index contributed by atoms with van der Waals surface area (Å²) in [5.41, 5.74) is 0.725. The van der Waals surface area contributed by atoms with Gasteiger partial charge in [0.2, 0.25) is 0 Å². The average Bonchev–Trinajstić information content (AvgIpc) is 2.24. The predicted octanol–water partition coefficient (Wildman–Crippen LogP) is 2.93. The maximum absolute atomic E-state index is 13.2. The summed E-state index contributed by atoms with van der Waals surface area (Å²) in [4.78, 5) is 21.0. The molecule has 0 fully saturated rings. The maximum atomic E-state index is 13.2. The van der Waals surface area contributed by atoms with Crippen molar-refractivity contribution in [3.63, 3.8) is 0 Å². The van der Waals surface area contributed by atoms with Crippen LogP contribution in [0.1, 0.15) is 22.8 Å². The molecule has 0 spiro atoms. The summed E-state index contributed by atoms with van der Waals surface area (Å²) < 4.78 is 13.2. The lowest BCUT2D eigenvalue weighted by Crippen LogP contribution is -1.87. The van der Waals surface area contributed by atoms with E-state index in [4.69, 9.17) is 0 Å². The fraction of sp³-hybridized carbons (Fsp3) is 0.167. The molecule has 0 aliphatic carbocycles. The predicted molar refractivity (Wildman–Crippen MR) is 64.0 cm³/mol. The largest absolute Gasteiger partial charge is 0.298 e. The van der Waals surface area contributed by atoms with Gasteiger partial charge in [-0.05, 0) is 17.7 Å². The summed E-state index contributed by atoms with van der Waals surface area (Å²) in [6, 6.07) is 4.38. The Bertz CT molecular complexity index is 427. The van der Waals surface area contributed by atoms with Crippen molar-refractivity contribution >= 4 is 29.2 Å². The van der Waals surface area contributed by atoms with Crippen LogP contribution in [-0.4, -0.2) is 17.2 Å². The zero-order valence-corrected chi connectivity index (χ0v) is 9.59. The van der Waals surface area contributed by atoms with Gasteiger partial charge in [-0.2, -0.15) is 0 Å². The molecule has 0 aliphatic rings. The third kappa shape index (κ3) is 3.98. The molecule has 0 aromatic heterocycles. The van der Waals surface area contributed by atoms with E-state index >= 15 is 0 Å². The average molecular weight is 238 g/mol. The van der Waals surface area contributed by atoms with Gasteiger partial charge in [0.15, 0.2) is 11.4 Å². The third-order valence-electron chi connectivity index (χ3n) is 1.84. The highest BCUT2D eigenvalue weighted by Gasteiger charge is 2.00. The van der Waals surface area contributed by atoms with Crippen LogP contribution in [0.5, 0.6) is 0 Å².